The van der Waals surface area contributed by atoms with Gasteiger partial charge in [-0.3, -0.25) is 4.79 Å². The SMILES string of the molecule is CC(C)(NC(=O)COc1ccc(-n2cnnn2)cc1)c1nc2cc(Cl)ccc2o1. The van der Waals surface area contributed by atoms with Gasteiger partial charge in [0.1, 0.15) is 23.1 Å². The number of aromatic nitrogens is 5. The highest BCUT2D eigenvalue weighted by Crippen LogP contribution is 2.26. The van der Waals surface area contributed by atoms with Crippen molar-refractivity contribution in [3.63, 3.8) is 0 Å². The second-order valence-electron chi connectivity index (χ2n) is 6.84. The summed E-state index contributed by atoms with van der Waals surface area (Å²) >= 11 is 5.99. The maximum atomic E-state index is 12.4. The van der Waals surface area contributed by atoms with E-state index in [1.54, 1.807) is 56.3 Å². The van der Waals surface area contributed by atoms with Crippen LogP contribution in [0.2, 0.25) is 5.02 Å². The third kappa shape index (κ3) is 4.19. The van der Waals surface area contributed by atoms with Crippen LogP contribution in [0.4, 0.5) is 0 Å². The van der Waals surface area contributed by atoms with Crippen LogP contribution in [0.15, 0.2) is 53.2 Å². The minimum Gasteiger partial charge on any atom is -0.484 e. The van der Waals surface area contributed by atoms with Gasteiger partial charge in [-0.05, 0) is 66.7 Å². The molecule has 0 aliphatic heterocycles. The summed E-state index contributed by atoms with van der Waals surface area (Å²) in [6.07, 6.45) is 1.49. The van der Waals surface area contributed by atoms with Crippen molar-refractivity contribution in [2.24, 2.45) is 0 Å². The summed E-state index contributed by atoms with van der Waals surface area (Å²) in [5.41, 5.74) is 1.19. The van der Waals surface area contributed by atoms with E-state index in [4.69, 9.17) is 20.8 Å². The van der Waals surface area contributed by atoms with Gasteiger partial charge in [-0.1, -0.05) is 11.6 Å². The number of hydrogen-bond donors (Lipinski definition) is 1. The summed E-state index contributed by atoms with van der Waals surface area (Å²) in [5.74, 6) is 0.625. The summed E-state index contributed by atoms with van der Waals surface area (Å²) in [6.45, 7) is 3.45. The first kappa shape index (κ1) is 18.9. The number of ether oxygens (including phenoxy) is 1. The summed E-state index contributed by atoms with van der Waals surface area (Å²) in [4.78, 5) is 16.8. The zero-order valence-corrected chi connectivity index (χ0v) is 16.4. The second kappa shape index (κ2) is 7.51. The number of benzene rings is 2. The van der Waals surface area contributed by atoms with Gasteiger partial charge in [-0.15, -0.1) is 5.10 Å². The molecule has 0 fully saturated rings. The molecule has 0 atom stereocenters. The molecule has 1 amide bonds. The molecule has 4 aromatic rings. The Labute approximate surface area is 170 Å². The number of nitrogens with zero attached hydrogens (tertiary/aromatic N) is 5. The number of rotatable bonds is 6. The van der Waals surface area contributed by atoms with Crippen molar-refractivity contribution in [1.82, 2.24) is 30.5 Å². The van der Waals surface area contributed by atoms with Crippen molar-refractivity contribution in [3.8, 4) is 11.4 Å². The van der Waals surface area contributed by atoms with Crippen molar-refractivity contribution >= 4 is 28.6 Å². The summed E-state index contributed by atoms with van der Waals surface area (Å²) in [7, 11) is 0. The molecule has 0 aliphatic carbocycles. The normalized spacial score (nSPS) is 11.6. The summed E-state index contributed by atoms with van der Waals surface area (Å²) in [6, 6.07) is 12.2. The molecule has 0 unspecified atom stereocenters. The minimum absolute atomic E-state index is 0.153. The Hall–Kier alpha value is -3.46. The Morgan fingerprint density at radius 1 is 1.24 bits per heavy atom. The van der Waals surface area contributed by atoms with Crippen LogP contribution in [0, 0.1) is 0 Å². The average molecular weight is 413 g/mol. The molecule has 0 saturated carbocycles. The van der Waals surface area contributed by atoms with Gasteiger partial charge in [0.2, 0.25) is 5.89 Å². The number of carbonyl (C=O) groups excluding carboxylic acids is 1. The van der Waals surface area contributed by atoms with Crippen molar-refractivity contribution in [1.29, 1.82) is 0 Å². The minimum atomic E-state index is -0.824. The van der Waals surface area contributed by atoms with Gasteiger partial charge in [0.25, 0.3) is 5.91 Å². The van der Waals surface area contributed by atoms with E-state index >= 15 is 0 Å². The molecule has 1 N–H and O–H groups in total. The topological polar surface area (TPSA) is 108 Å². The van der Waals surface area contributed by atoms with Gasteiger partial charge in [0.05, 0.1) is 5.69 Å². The molecule has 9 nitrogen and oxygen atoms in total. The molecule has 0 saturated heterocycles. The first-order valence-electron chi connectivity index (χ1n) is 8.74. The lowest BCUT2D eigenvalue weighted by atomic mass is 10.1. The smallest absolute Gasteiger partial charge is 0.258 e. The van der Waals surface area contributed by atoms with E-state index in [1.807, 2.05) is 0 Å². The Bertz CT molecular complexity index is 1140. The van der Waals surface area contributed by atoms with Crippen LogP contribution in [0.3, 0.4) is 0 Å². The fourth-order valence-corrected chi connectivity index (χ4v) is 2.90. The first-order valence-corrected chi connectivity index (χ1v) is 9.12. The van der Waals surface area contributed by atoms with Crippen LogP contribution in [0.25, 0.3) is 16.8 Å². The highest BCUT2D eigenvalue weighted by molar-refractivity contribution is 6.31. The van der Waals surface area contributed by atoms with Gasteiger partial charge in [0.15, 0.2) is 12.2 Å². The van der Waals surface area contributed by atoms with Crippen LogP contribution >= 0.6 is 11.6 Å². The third-order valence-corrected chi connectivity index (χ3v) is 4.39. The first-order chi connectivity index (χ1) is 13.9. The summed E-state index contributed by atoms with van der Waals surface area (Å²) in [5, 5.41) is 14.4. The monoisotopic (exact) mass is 412 g/mol. The predicted molar refractivity (Wildman–Crippen MR) is 105 cm³/mol. The van der Waals surface area contributed by atoms with Crippen LogP contribution in [0.5, 0.6) is 5.75 Å². The van der Waals surface area contributed by atoms with Crippen molar-refractivity contribution in [2.75, 3.05) is 6.61 Å². The lowest BCUT2D eigenvalue weighted by Crippen LogP contribution is -2.43. The van der Waals surface area contributed by atoms with Gasteiger partial charge < -0.3 is 14.5 Å². The van der Waals surface area contributed by atoms with E-state index in [-0.39, 0.29) is 12.5 Å². The zero-order valence-electron chi connectivity index (χ0n) is 15.7. The Morgan fingerprint density at radius 3 is 2.76 bits per heavy atom. The van der Waals surface area contributed by atoms with Crippen molar-refractivity contribution in [3.05, 3.63) is 59.7 Å². The van der Waals surface area contributed by atoms with E-state index in [0.717, 1.165) is 5.69 Å². The molecular formula is C19H17ClN6O3. The quantitative estimate of drug-likeness (QED) is 0.518. The van der Waals surface area contributed by atoms with Gasteiger partial charge in [-0.25, -0.2) is 9.67 Å². The van der Waals surface area contributed by atoms with Crippen LogP contribution in [-0.4, -0.2) is 37.7 Å². The van der Waals surface area contributed by atoms with Gasteiger partial charge in [0, 0.05) is 5.02 Å². The summed E-state index contributed by atoms with van der Waals surface area (Å²) < 4.78 is 12.8. The number of halogens is 1. The molecule has 0 spiro atoms. The van der Waals surface area contributed by atoms with Gasteiger partial charge in [-0.2, -0.15) is 0 Å². The van der Waals surface area contributed by atoms with E-state index in [9.17, 15) is 4.79 Å². The highest BCUT2D eigenvalue weighted by atomic mass is 35.5. The predicted octanol–water partition coefficient (Wildman–Crippen LogP) is 2.89. The molecular weight excluding hydrogens is 396 g/mol. The van der Waals surface area contributed by atoms with Crippen LogP contribution in [0.1, 0.15) is 19.7 Å². The van der Waals surface area contributed by atoms with E-state index < -0.39 is 5.54 Å². The Kier molecular flexibility index (Phi) is 4.89. The fourth-order valence-electron chi connectivity index (χ4n) is 2.73. The van der Waals surface area contributed by atoms with Crippen LogP contribution in [-0.2, 0) is 10.3 Å². The van der Waals surface area contributed by atoms with E-state index in [1.165, 1.54) is 11.0 Å². The van der Waals surface area contributed by atoms with Gasteiger partial charge >= 0.3 is 0 Å². The standard InChI is InChI=1S/C19H17ClN6O3/c1-19(2,18-22-15-9-12(20)3-8-16(15)29-18)23-17(27)10-28-14-6-4-13(5-7-14)26-11-21-24-25-26/h3-9,11H,10H2,1-2H3,(H,23,27). The molecule has 10 heteroatoms. The number of amides is 1. The number of carbonyl (C=O) groups is 1. The number of tetrazole rings is 1. The molecule has 0 bridgehead atoms. The number of oxazole rings is 1. The third-order valence-electron chi connectivity index (χ3n) is 4.16. The lowest BCUT2D eigenvalue weighted by Gasteiger charge is -2.22. The molecule has 0 radical (unpaired) electrons. The molecule has 4 rings (SSSR count). The lowest BCUT2D eigenvalue weighted by molar-refractivity contribution is -0.125. The molecule has 0 aliphatic rings. The second-order valence-corrected chi connectivity index (χ2v) is 7.28. The largest absolute Gasteiger partial charge is 0.484 e. The average Bonchev–Trinajstić information content (AvgIpc) is 3.36. The number of nitrogens with one attached hydrogen (secondary N) is 1. The number of fused-ring (bicyclic) bond motifs is 1. The molecule has 2 aromatic heterocycles. The fraction of sp³-hybridized carbons (Fsp3) is 0.211. The van der Waals surface area contributed by atoms with Crippen LogP contribution < -0.4 is 10.1 Å². The van der Waals surface area contributed by atoms with E-state index in [2.05, 4.69) is 25.8 Å². The molecule has 2 aromatic carbocycles. The number of hydrogen-bond acceptors (Lipinski definition) is 7. The zero-order chi connectivity index (χ0) is 20.4. The molecule has 29 heavy (non-hydrogen) atoms. The van der Waals surface area contributed by atoms with Crippen molar-refractivity contribution < 1.29 is 13.9 Å². The Morgan fingerprint density at radius 2 is 2.03 bits per heavy atom. The Balaban J connectivity index is 1.38. The maximum Gasteiger partial charge on any atom is 0.258 e. The van der Waals surface area contributed by atoms with E-state index in [0.29, 0.717) is 27.8 Å². The molecule has 148 valence electrons. The van der Waals surface area contributed by atoms with Crippen molar-refractivity contribution in [2.45, 2.75) is 19.4 Å². The maximum absolute atomic E-state index is 12.4. The highest BCUT2D eigenvalue weighted by Gasteiger charge is 2.29. The molecule has 2 heterocycles.